The van der Waals surface area contributed by atoms with Crippen molar-refractivity contribution in [1.29, 1.82) is 0 Å². The first-order valence-electron chi connectivity index (χ1n) is 5.87. The van der Waals surface area contributed by atoms with Gasteiger partial charge in [-0.2, -0.15) is 0 Å². The van der Waals surface area contributed by atoms with Crippen LogP contribution in [-0.4, -0.2) is 25.5 Å². The van der Waals surface area contributed by atoms with Gasteiger partial charge in [-0.25, -0.2) is 17.9 Å². The Bertz CT molecular complexity index is 836. The molecule has 0 radical (unpaired) electrons. The Balaban J connectivity index is 2.17. The first kappa shape index (κ1) is 15.0. The molecule has 1 heterocycles. The lowest BCUT2D eigenvalue weighted by Crippen LogP contribution is -2.32. The average Bonchev–Trinajstić information content (AvgIpc) is 2.45. The Morgan fingerprint density at radius 1 is 1.19 bits per heavy atom. The molecule has 3 N–H and O–H groups in total. The maximum atomic E-state index is 12.0. The molecule has 2 aromatic rings. The van der Waals surface area contributed by atoms with Gasteiger partial charge in [-0.1, -0.05) is 12.1 Å². The van der Waals surface area contributed by atoms with Crippen LogP contribution in [0.2, 0.25) is 0 Å². The minimum absolute atomic E-state index is 0.00486. The Morgan fingerprint density at radius 3 is 2.43 bits per heavy atom. The van der Waals surface area contributed by atoms with Crippen LogP contribution >= 0.6 is 0 Å². The van der Waals surface area contributed by atoms with E-state index in [-0.39, 0.29) is 6.54 Å². The third kappa shape index (κ3) is 3.58. The van der Waals surface area contributed by atoms with Crippen LogP contribution in [0.1, 0.15) is 5.56 Å². The highest BCUT2D eigenvalue weighted by Gasteiger charge is 2.18. The molecule has 0 fully saturated rings. The number of nitrogens with one attached hydrogen (secondary N) is 3. The summed E-state index contributed by atoms with van der Waals surface area (Å²) in [6.45, 7) is 0.00486. The van der Waals surface area contributed by atoms with Gasteiger partial charge in [0.25, 0.3) is 5.56 Å². The van der Waals surface area contributed by atoms with E-state index in [2.05, 4.69) is 9.71 Å². The molecule has 0 aliphatic rings. The molecular formula is C12H13N3O5S. The number of aromatic amines is 2. The molecule has 21 heavy (non-hydrogen) atoms. The van der Waals surface area contributed by atoms with E-state index in [1.165, 1.54) is 7.11 Å². The summed E-state index contributed by atoms with van der Waals surface area (Å²) in [5, 5.41) is 0. The van der Waals surface area contributed by atoms with Crippen LogP contribution in [0.15, 0.2) is 44.9 Å². The average molecular weight is 311 g/mol. The summed E-state index contributed by atoms with van der Waals surface area (Å²) in [6, 6.07) is 6.77. The van der Waals surface area contributed by atoms with Gasteiger partial charge in [0, 0.05) is 12.7 Å². The highest BCUT2D eigenvalue weighted by Crippen LogP contribution is 2.11. The number of H-pyrrole nitrogens is 2. The summed E-state index contributed by atoms with van der Waals surface area (Å²) in [5.74, 6) is 0.652. The van der Waals surface area contributed by atoms with Crippen LogP contribution < -0.4 is 20.7 Å². The minimum Gasteiger partial charge on any atom is -0.497 e. The van der Waals surface area contributed by atoms with Gasteiger partial charge in [0.15, 0.2) is 4.90 Å². The van der Waals surface area contributed by atoms with E-state index in [0.29, 0.717) is 11.3 Å². The largest absolute Gasteiger partial charge is 0.497 e. The van der Waals surface area contributed by atoms with Crippen LogP contribution in [0.4, 0.5) is 0 Å². The Kier molecular flexibility index (Phi) is 4.24. The van der Waals surface area contributed by atoms with E-state index in [1.54, 1.807) is 24.3 Å². The van der Waals surface area contributed by atoms with Gasteiger partial charge in [0.1, 0.15) is 5.75 Å². The maximum absolute atomic E-state index is 12.0. The van der Waals surface area contributed by atoms with Gasteiger partial charge < -0.3 is 9.72 Å². The van der Waals surface area contributed by atoms with Crippen molar-refractivity contribution < 1.29 is 13.2 Å². The molecule has 0 spiro atoms. The molecule has 112 valence electrons. The van der Waals surface area contributed by atoms with Crippen LogP contribution in [0.3, 0.4) is 0 Å². The van der Waals surface area contributed by atoms with Gasteiger partial charge in [-0.15, -0.1) is 0 Å². The minimum atomic E-state index is -4.02. The van der Waals surface area contributed by atoms with Crippen LogP contribution in [0.25, 0.3) is 0 Å². The summed E-state index contributed by atoms with van der Waals surface area (Å²) < 4.78 is 31.2. The maximum Gasteiger partial charge on any atom is 0.325 e. The second-order valence-electron chi connectivity index (χ2n) is 4.11. The SMILES string of the molecule is COc1ccc(CNS(=O)(=O)c2c[nH]c(=O)[nH]c2=O)cc1. The molecule has 8 nitrogen and oxygen atoms in total. The predicted molar refractivity (Wildman–Crippen MR) is 74.7 cm³/mol. The number of benzene rings is 1. The smallest absolute Gasteiger partial charge is 0.325 e. The fourth-order valence-corrected chi connectivity index (χ4v) is 2.62. The molecule has 1 aromatic carbocycles. The molecule has 0 saturated carbocycles. The van der Waals surface area contributed by atoms with Gasteiger partial charge in [-0.05, 0) is 17.7 Å². The standard InChI is InChI=1S/C12H13N3O5S/c1-20-9-4-2-8(3-5-9)6-14-21(18,19)10-7-13-12(17)15-11(10)16/h2-5,7,14H,6H2,1H3,(H2,13,15,16,17). The van der Waals surface area contributed by atoms with E-state index >= 15 is 0 Å². The molecule has 0 saturated heterocycles. The predicted octanol–water partition coefficient (Wildman–Crippen LogP) is -0.450. The third-order valence-corrected chi connectivity index (χ3v) is 4.11. The summed E-state index contributed by atoms with van der Waals surface area (Å²) in [4.78, 5) is 25.8. The summed E-state index contributed by atoms with van der Waals surface area (Å²) in [7, 11) is -2.49. The Hall–Kier alpha value is -2.39. The second kappa shape index (κ2) is 5.94. The fourth-order valence-electron chi connectivity index (χ4n) is 1.60. The van der Waals surface area contributed by atoms with Crippen molar-refractivity contribution in [3.05, 3.63) is 56.9 Å². The molecule has 0 aliphatic carbocycles. The summed E-state index contributed by atoms with van der Waals surface area (Å²) in [6.07, 6.45) is 0.859. The van der Waals surface area contributed by atoms with E-state index in [0.717, 1.165) is 6.20 Å². The van der Waals surface area contributed by atoms with Gasteiger partial charge in [0.2, 0.25) is 10.0 Å². The van der Waals surface area contributed by atoms with Crippen molar-refractivity contribution in [2.24, 2.45) is 0 Å². The zero-order valence-electron chi connectivity index (χ0n) is 11.0. The normalized spacial score (nSPS) is 11.3. The van der Waals surface area contributed by atoms with Crippen LogP contribution in [-0.2, 0) is 16.6 Å². The first-order chi connectivity index (χ1) is 9.92. The summed E-state index contributed by atoms with van der Waals surface area (Å²) in [5.41, 5.74) is -1.05. The molecule has 0 amide bonds. The fraction of sp³-hybridized carbons (Fsp3) is 0.167. The number of sulfonamides is 1. The third-order valence-electron chi connectivity index (χ3n) is 2.70. The van der Waals surface area contributed by atoms with Crippen LogP contribution in [0, 0.1) is 0 Å². The van der Waals surface area contributed by atoms with Crippen molar-refractivity contribution >= 4 is 10.0 Å². The molecule has 0 aliphatic heterocycles. The van der Waals surface area contributed by atoms with Gasteiger partial charge >= 0.3 is 5.69 Å². The second-order valence-corrected chi connectivity index (χ2v) is 5.84. The number of hydrogen-bond acceptors (Lipinski definition) is 5. The number of aromatic nitrogens is 2. The topological polar surface area (TPSA) is 121 Å². The summed E-state index contributed by atoms with van der Waals surface area (Å²) >= 11 is 0. The van der Waals surface area contributed by atoms with E-state index in [9.17, 15) is 18.0 Å². The van der Waals surface area contributed by atoms with Gasteiger partial charge in [0.05, 0.1) is 7.11 Å². The molecule has 0 unspecified atom stereocenters. The van der Waals surface area contributed by atoms with Gasteiger partial charge in [-0.3, -0.25) is 9.78 Å². The number of hydrogen-bond donors (Lipinski definition) is 3. The molecule has 1 aromatic heterocycles. The number of rotatable bonds is 5. The zero-order valence-corrected chi connectivity index (χ0v) is 11.9. The monoisotopic (exact) mass is 311 g/mol. The number of ether oxygens (including phenoxy) is 1. The lowest BCUT2D eigenvalue weighted by atomic mass is 10.2. The molecule has 0 atom stereocenters. The highest BCUT2D eigenvalue weighted by atomic mass is 32.2. The molecule has 2 rings (SSSR count). The Morgan fingerprint density at radius 2 is 1.86 bits per heavy atom. The highest BCUT2D eigenvalue weighted by molar-refractivity contribution is 7.89. The lowest BCUT2D eigenvalue weighted by molar-refractivity contribution is 0.414. The van der Waals surface area contributed by atoms with Crippen molar-refractivity contribution in [2.45, 2.75) is 11.4 Å². The Labute approximate surface area is 119 Å². The van der Waals surface area contributed by atoms with Crippen molar-refractivity contribution in [1.82, 2.24) is 14.7 Å². The number of methoxy groups -OCH3 is 1. The van der Waals surface area contributed by atoms with E-state index in [4.69, 9.17) is 4.74 Å². The lowest BCUT2D eigenvalue weighted by Gasteiger charge is -2.06. The van der Waals surface area contributed by atoms with Crippen LogP contribution in [0.5, 0.6) is 5.75 Å². The molecule has 9 heteroatoms. The van der Waals surface area contributed by atoms with E-state index in [1.807, 2.05) is 4.98 Å². The van der Waals surface area contributed by atoms with Crippen molar-refractivity contribution in [3.63, 3.8) is 0 Å². The quantitative estimate of drug-likeness (QED) is 0.690. The molecular weight excluding hydrogens is 298 g/mol. The van der Waals surface area contributed by atoms with Crippen molar-refractivity contribution in [2.75, 3.05) is 7.11 Å². The van der Waals surface area contributed by atoms with E-state index < -0.39 is 26.2 Å². The first-order valence-corrected chi connectivity index (χ1v) is 7.35. The van der Waals surface area contributed by atoms with Crippen molar-refractivity contribution in [3.8, 4) is 5.75 Å². The molecule has 0 bridgehead atoms. The zero-order chi connectivity index (χ0) is 15.5.